The van der Waals surface area contributed by atoms with Gasteiger partial charge in [-0.15, -0.1) is 0 Å². The molecule has 3 aromatic rings. The number of carbonyl (C=O) groups is 1. The number of aromatic hydroxyl groups is 1. The topological polar surface area (TPSA) is 80.2 Å². The molecule has 0 saturated heterocycles. The zero-order valence-corrected chi connectivity index (χ0v) is 18.7. The minimum atomic E-state index is -0.480. The monoisotopic (exact) mass is 468 g/mol. The predicted molar refractivity (Wildman–Crippen MR) is 125 cm³/mol. The van der Waals surface area contributed by atoms with Gasteiger partial charge in [-0.2, -0.15) is 5.10 Å². The maximum atomic E-state index is 12.2. The Hall–Kier alpha value is -3.66. The van der Waals surface area contributed by atoms with Crippen LogP contribution in [-0.4, -0.2) is 31.4 Å². The van der Waals surface area contributed by atoms with Crippen molar-refractivity contribution in [3.05, 3.63) is 86.9 Å². The first kappa shape index (κ1) is 23.0. The van der Waals surface area contributed by atoms with Gasteiger partial charge in [0.1, 0.15) is 5.75 Å². The molecular formula is C24H18Cl2N2O4. The highest BCUT2D eigenvalue weighted by molar-refractivity contribution is 6.32. The third-order valence-corrected chi connectivity index (χ3v) is 4.83. The lowest BCUT2D eigenvalue weighted by Crippen LogP contribution is -2.17. The summed E-state index contributed by atoms with van der Waals surface area (Å²) in [5, 5.41) is 14.1. The molecule has 2 N–H and O–H groups in total. The first-order chi connectivity index (χ1) is 15.4. The summed E-state index contributed by atoms with van der Waals surface area (Å²) >= 11 is 11.7. The number of halogens is 2. The summed E-state index contributed by atoms with van der Waals surface area (Å²) in [4.78, 5) is 12.2. The standard InChI is InChI=1S/C24H18Cl2N2O4/c1-31-22-12-16(14-27-28-24(30)18-7-10-21(29)20(26)13-18)11-17(23(22)32-2)6-3-15-4-8-19(25)9-5-15/h4-5,7-14,29H,1-2H3,(H,28,30)/b27-14+. The Bertz CT molecular complexity index is 1230. The van der Waals surface area contributed by atoms with Crippen LogP contribution in [0.5, 0.6) is 17.2 Å². The van der Waals surface area contributed by atoms with Crippen LogP contribution in [0, 0.1) is 11.8 Å². The van der Waals surface area contributed by atoms with E-state index < -0.39 is 5.91 Å². The molecule has 0 saturated carbocycles. The van der Waals surface area contributed by atoms with Crippen molar-refractivity contribution < 1.29 is 19.4 Å². The van der Waals surface area contributed by atoms with Crippen molar-refractivity contribution >= 4 is 35.3 Å². The van der Waals surface area contributed by atoms with Crippen LogP contribution < -0.4 is 14.9 Å². The molecule has 32 heavy (non-hydrogen) atoms. The zero-order valence-electron chi connectivity index (χ0n) is 17.1. The highest BCUT2D eigenvalue weighted by Crippen LogP contribution is 2.32. The maximum absolute atomic E-state index is 12.2. The van der Waals surface area contributed by atoms with Crippen LogP contribution in [0.2, 0.25) is 10.0 Å². The fourth-order valence-electron chi connectivity index (χ4n) is 2.70. The highest BCUT2D eigenvalue weighted by atomic mass is 35.5. The highest BCUT2D eigenvalue weighted by Gasteiger charge is 2.11. The predicted octanol–water partition coefficient (Wildman–Crippen LogP) is 4.88. The van der Waals surface area contributed by atoms with E-state index in [-0.39, 0.29) is 16.3 Å². The van der Waals surface area contributed by atoms with Crippen LogP contribution in [0.15, 0.2) is 59.7 Å². The average Bonchev–Trinajstić information content (AvgIpc) is 2.79. The maximum Gasteiger partial charge on any atom is 0.271 e. The van der Waals surface area contributed by atoms with Crippen molar-refractivity contribution in [1.29, 1.82) is 0 Å². The summed E-state index contributed by atoms with van der Waals surface area (Å²) < 4.78 is 10.9. The number of phenolic OH excluding ortho intramolecular Hbond substituents is 1. The number of methoxy groups -OCH3 is 2. The number of phenols is 1. The summed E-state index contributed by atoms with van der Waals surface area (Å²) in [6, 6.07) is 14.7. The third-order valence-electron chi connectivity index (χ3n) is 4.28. The number of hydrogen-bond acceptors (Lipinski definition) is 5. The van der Waals surface area contributed by atoms with Gasteiger partial charge in [-0.3, -0.25) is 4.79 Å². The van der Waals surface area contributed by atoms with E-state index >= 15 is 0 Å². The Morgan fingerprint density at radius 3 is 2.44 bits per heavy atom. The molecule has 8 heteroatoms. The number of ether oxygens (including phenoxy) is 2. The van der Waals surface area contributed by atoms with Crippen LogP contribution in [0.3, 0.4) is 0 Å². The summed E-state index contributed by atoms with van der Waals surface area (Å²) in [6.07, 6.45) is 1.45. The molecule has 0 aliphatic carbocycles. The molecule has 0 spiro atoms. The Labute approximate surface area is 195 Å². The second-order valence-electron chi connectivity index (χ2n) is 6.43. The average molecular weight is 469 g/mol. The zero-order chi connectivity index (χ0) is 23.1. The largest absolute Gasteiger partial charge is 0.506 e. The smallest absolute Gasteiger partial charge is 0.271 e. The number of amides is 1. The van der Waals surface area contributed by atoms with Gasteiger partial charge in [0.15, 0.2) is 11.5 Å². The number of nitrogens with one attached hydrogen (secondary N) is 1. The summed E-state index contributed by atoms with van der Waals surface area (Å²) in [5.74, 6) is 6.48. The molecule has 0 aromatic heterocycles. The molecule has 6 nitrogen and oxygen atoms in total. The fraction of sp³-hybridized carbons (Fsp3) is 0.0833. The number of hydrogen-bond donors (Lipinski definition) is 2. The molecule has 0 fully saturated rings. The van der Waals surface area contributed by atoms with Crippen molar-refractivity contribution in [2.45, 2.75) is 0 Å². The Morgan fingerprint density at radius 2 is 1.78 bits per heavy atom. The van der Waals surface area contributed by atoms with Gasteiger partial charge in [0.25, 0.3) is 5.91 Å². The molecule has 0 heterocycles. The van der Waals surface area contributed by atoms with Gasteiger partial charge in [0, 0.05) is 16.1 Å². The van der Waals surface area contributed by atoms with Gasteiger partial charge >= 0.3 is 0 Å². The minimum absolute atomic E-state index is 0.0745. The van der Waals surface area contributed by atoms with Gasteiger partial charge in [-0.1, -0.05) is 35.0 Å². The summed E-state index contributed by atoms with van der Waals surface area (Å²) in [6.45, 7) is 0. The van der Waals surface area contributed by atoms with Crippen LogP contribution in [0.4, 0.5) is 0 Å². The van der Waals surface area contributed by atoms with Crippen LogP contribution >= 0.6 is 23.2 Å². The first-order valence-corrected chi connectivity index (χ1v) is 10.0. The number of benzene rings is 3. The van der Waals surface area contributed by atoms with Crippen LogP contribution in [0.25, 0.3) is 0 Å². The molecule has 0 radical (unpaired) electrons. The van der Waals surface area contributed by atoms with Crippen molar-refractivity contribution in [2.75, 3.05) is 14.2 Å². The lowest BCUT2D eigenvalue weighted by atomic mass is 10.1. The SMILES string of the molecule is COc1cc(/C=N/NC(=O)c2ccc(O)c(Cl)c2)cc(C#Cc2ccc(Cl)cc2)c1OC. The number of carbonyl (C=O) groups excluding carboxylic acids is 1. The van der Waals surface area contributed by atoms with E-state index in [9.17, 15) is 9.90 Å². The van der Waals surface area contributed by atoms with Crippen molar-refractivity contribution in [1.82, 2.24) is 5.43 Å². The van der Waals surface area contributed by atoms with E-state index in [0.29, 0.717) is 27.6 Å². The molecule has 0 aliphatic heterocycles. The lowest BCUT2D eigenvalue weighted by molar-refractivity contribution is 0.0955. The number of nitrogens with zero attached hydrogens (tertiary/aromatic N) is 1. The normalized spacial score (nSPS) is 10.4. The first-order valence-electron chi connectivity index (χ1n) is 9.27. The molecule has 0 atom stereocenters. The summed E-state index contributed by atoms with van der Waals surface area (Å²) in [7, 11) is 3.05. The third kappa shape index (κ3) is 5.73. The Balaban J connectivity index is 1.85. The molecule has 0 unspecified atom stereocenters. The van der Waals surface area contributed by atoms with Crippen LogP contribution in [-0.2, 0) is 0 Å². The van der Waals surface area contributed by atoms with Gasteiger partial charge in [-0.25, -0.2) is 5.43 Å². The molecule has 0 aliphatic rings. The van der Waals surface area contributed by atoms with Crippen molar-refractivity contribution in [3.63, 3.8) is 0 Å². The molecule has 3 rings (SSSR count). The summed E-state index contributed by atoms with van der Waals surface area (Å²) in [5.41, 5.74) is 4.67. The lowest BCUT2D eigenvalue weighted by Gasteiger charge is -2.10. The van der Waals surface area contributed by atoms with Gasteiger partial charge in [0.05, 0.1) is 31.0 Å². The quantitative estimate of drug-likeness (QED) is 0.317. The number of hydrazone groups is 1. The van der Waals surface area contributed by atoms with E-state index in [1.807, 2.05) is 12.1 Å². The van der Waals surface area contributed by atoms with Crippen molar-refractivity contribution in [2.24, 2.45) is 5.10 Å². The van der Waals surface area contributed by atoms with Crippen LogP contribution in [0.1, 0.15) is 27.0 Å². The molecule has 162 valence electrons. The minimum Gasteiger partial charge on any atom is -0.506 e. The van der Waals surface area contributed by atoms with Gasteiger partial charge in [0.2, 0.25) is 0 Å². The van der Waals surface area contributed by atoms with Gasteiger partial charge in [-0.05, 0) is 60.2 Å². The van der Waals surface area contributed by atoms with E-state index in [0.717, 1.165) is 5.56 Å². The van der Waals surface area contributed by atoms with E-state index in [1.54, 1.807) is 24.3 Å². The fourth-order valence-corrected chi connectivity index (χ4v) is 3.01. The van der Waals surface area contributed by atoms with E-state index in [2.05, 4.69) is 22.4 Å². The Kier molecular flexibility index (Phi) is 7.61. The van der Waals surface area contributed by atoms with E-state index in [4.69, 9.17) is 32.7 Å². The molecule has 3 aromatic carbocycles. The molecule has 1 amide bonds. The van der Waals surface area contributed by atoms with Crippen molar-refractivity contribution in [3.8, 4) is 29.1 Å². The van der Waals surface area contributed by atoms with Gasteiger partial charge < -0.3 is 14.6 Å². The van der Waals surface area contributed by atoms with E-state index in [1.165, 1.54) is 38.6 Å². The Morgan fingerprint density at radius 1 is 1.03 bits per heavy atom. The molecule has 0 bridgehead atoms. The second-order valence-corrected chi connectivity index (χ2v) is 7.27. The second kappa shape index (κ2) is 10.6. The number of rotatable bonds is 5. The molecular weight excluding hydrogens is 451 g/mol.